The van der Waals surface area contributed by atoms with Crippen LogP contribution < -0.4 is 0 Å². The van der Waals surface area contributed by atoms with Crippen LogP contribution in [0, 0.1) is 11.7 Å². The summed E-state index contributed by atoms with van der Waals surface area (Å²) in [6.07, 6.45) is 3.59. The molecule has 2 N–H and O–H groups in total. The molecule has 5 heteroatoms. The molecule has 2 unspecified atom stereocenters. The minimum Gasteiger partial charge on any atom is -0.393 e. The van der Waals surface area contributed by atoms with Gasteiger partial charge in [0.15, 0.2) is 0 Å². The standard InChI is InChI=1S/C17H21FN2O2/c1-11(21)12-3-2-6-20(10-12)17(22)7-13-9-19-16-8-14(18)4-5-15(13)16/h4-5,8-9,11-12,19,21H,2-3,6-7,10H2,1H3. The van der Waals surface area contributed by atoms with Crippen molar-refractivity contribution in [1.29, 1.82) is 0 Å². The predicted molar refractivity (Wildman–Crippen MR) is 82.9 cm³/mol. The lowest BCUT2D eigenvalue weighted by molar-refractivity contribution is -0.133. The number of hydrogen-bond donors (Lipinski definition) is 2. The second kappa shape index (κ2) is 6.08. The monoisotopic (exact) mass is 304 g/mol. The second-order valence-electron chi connectivity index (χ2n) is 6.16. The van der Waals surface area contributed by atoms with Gasteiger partial charge in [0.25, 0.3) is 0 Å². The summed E-state index contributed by atoms with van der Waals surface area (Å²) < 4.78 is 13.2. The van der Waals surface area contributed by atoms with E-state index in [4.69, 9.17) is 0 Å². The number of likely N-dealkylation sites (tertiary alicyclic amines) is 1. The Hall–Kier alpha value is -1.88. The van der Waals surface area contributed by atoms with Crippen LogP contribution in [0.4, 0.5) is 4.39 Å². The third-order valence-corrected chi connectivity index (χ3v) is 4.56. The van der Waals surface area contributed by atoms with E-state index in [0.29, 0.717) is 18.5 Å². The van der Waals surface area contributed by atoms with Crippen LogP contribution in [0.5, 0.6) is 0 Å². The molecule has 4 nitrogen and oxygen atoms in total. The number of benzene rings is 1. The number of nitrogens with zero attached hydrogens (tertiary/aromatic N) is 1. The number of halogens is 1. The first kappa shape index (κ1) is 15.0. The predicted octanol–water partition coefficient (Wildman–Crippen LogP) is 2.47. The van der Waals surface area contributed by atoms with Crippen LogP contribution >= 0.6 is 0 Å². The first-order valence-electron chi connectivity index (χ1n) is 7.76. The average Bonchev–Trinajstić information content (AvgIpc) is 2.89. The number of piperidine rings is 1. The van der Waals surface area contributed by atoms with Crippen molar-refractivity contribution in [2.45, 2.75) is 32.3 Å². The van der Waals surface area contributed by atoms with Gasteiger partial charge in [-0.1, -0.05) is 0 Å². The molecule has 3 rings (SSSR count). The highest BCUT2D eigenvalue weighted by Crippen LogP contribution is 2.23. The Balaban J connectivity index is 1.73. The Morgan fingerprint density at radius 2 is 2.36 bits per heavy atom. The molecule has 2 heterocycles. The molecule has 22 heavy (non-hydrogen) atoms. The fraction of sp³-hybridized carbons (Fsp3) is 0.471. The Bertz CT molecular complexity index is 680. The molecule has 2 aromatic rings. The summed E-state index contributed by atoms with van der Waals surface area (Å²) >= 11 is 0. The van der Waals surface area contributed by atoms with E-state index in [1.807, 2.05) is 4.90 Å². The summed E-state index contributed by atoms with van der Waals surface area (Å²) in [5.41, 5.74) is 1.60. The van der Waals surface area contributed by atoms with Gasteiger partial charge in [-0.25, -0.2) is 4.39 Å². The molecule has 1 aromatic heterocycles. The largest absolute Gasteiger partial charge is 0.393 e. The molecular formula is C17H21FN2O2. The van der Waals surface area contributed by atoms with Crippen LogP contribution in [0.3, 0.4) is 0 Å². The van der Waals surface area contributed by atoms with Crippen LogP contribution in [0.15, 0.2) is 24.4 Å². The van der Waals surface area contributed by atoms with Gasteiger partial charge < -0.3 is 15.0 Å². The van der Waals surface area contributed by atoms with E-state index < -0.39 is 0 Å². The molecule has 0 saturated carbocycles. The Labute approximate surface area is 128 Å². The van der Waals surface area contributed by atoms with Gasteiger partial charge in [-0.15, -0.1) is 0 Å². The molecule has 0 radical (unpaired) electrons. The fourth-order valence-corrected chi connectivity index (χ4v) is 3.21. The molecule has 1 saturated heterocycles. The van der Waals surface area contributed by atoms with Crippen molar-refractivity contribution in [2.75, 3.05) is 13.1 Å². The zero-order chi connectivity index (χ0) is 15.7. The number of nitrogens with one attached hydrogen (secondary N) is 1. The average molecular weight is 304 g/mol. The van der Waals surface area contributed by atoms with Crippen molar-refractivity contribution >= 4 is 16.8 Å². The van der Waals surface area contributed by atoms with Crippen molar-refractivity contribution in [3.05, 3.63) is 35.8 Å². The lowest BCUT2D eigenvalue weighted by Crippen LogP contribution is -2.43. The van der Waals surface area contributed by atoms with Gasteiger partial charge in [-0.2, -0.15) is 0 Å². The van der Waals surface area contributed by atoms with E-state index in [1.165, 1.54) is 12.1 Å². The number of aromatic amines is 1. The Morgan fingerprint density at radius 1 is 1.55 bits per heavy atom. The summed E-state index contributed by atoms with van der Waals surface area (Å²) in [4.78, 5) is 17.4. The molecule has 1 aliphatic heterocycles. The molecule has 1 fully saturated rings. The molecule has 2 atom stereocenters. The third kappa shape index (κ3) is 2.99. The second-order valence-corrected chi connectivity index (χ2v) is 6.16. The van der Waals surface area contributed by atoms with Crippen LogP contribution in [0.1, 0.15) is 25.3 Å². The smallest absolute Gasteiger partial charge is 0.227 e. The van der Waals surface area contributed by atoms with E-state index in [0.717, 1.165) is 30.3 Å². The van der Waals surface area contributed by atoms with Crippen molar-refractivity contribution in [3.63, 3.8) is 0 Å². The maximum absolute atomic E-state index is 13.2. The van der Waals surface area contributed by atoms with Crippen LogP contribution in [0.25, 0.3) is 10.9 Å². The first-order chi connectivity index (χ1) is 10.5. The SMILES string of the molecule is CC(O)C1CCCN(C(=O)Cc2c[nH]c3cc(F)ccc23)C1. The van der Waals surface area contributed by atoms with Gasteiger partial charge in [-0.05, 0) is 43.5 Å². The Morgan fingerprint density at radius 3 is 3.14 bits per heavy atom. The lowest BCUT2D eigenvalue weighted by atomic mass is 9.93. The summed E-state index contributed by atoms with van der Waals surface area (Å²) in [5, 5.41) is 10.6. The van der Waals surface area contributed by atoms with Gasteiger partial charge in [0, 0.05) is 36.1 Å². The molecule has 1 aromatic carbocycles. The quantitative estimate of drug-likeness (QED) is 0.915. The molecular weight excluding hydrogens is 283 g/mol. The van der Waals surface area contributed by atoms with Crippen molar-refractivity contribution in [2.24, 2.45) is 5.92 Å². The number of aromatic nitrogens is 1. The fourth-order valence-electron chi connectivity index (χ4n) is 3.21. The number of aliphatic hydroxyl groups is 1. The highest BCUT2D eigenvalue weighted by atomic mass is 19.1. The number of fused-ring (bicyclic) bond motifs is 1. The highest BCUT2D eigenvalue weighted by Gasteiger charge is 2.26. The number of aliphatic hydroxyl groups excluding tert-OH is 1. The van der Waals surface area contributed by atoms with Crippen LogP contribution in [0.2, 0.25) is 0 Å². The summed E-state index contributed by atoms with van der Waals surface area (Å²) in [6, 6.07) is 4.56. The van der Waals surface area contributed by atoms with Crippen LogP contribution in [-0.2, 0) is 11.2 Å². The number of amides is 1. The highest BCUT2D eigenvalue weighted by molar-refractivity contribution is 5.89. The van der Waals surface area contributed by atoms with Crippen molar-refractivity contribution in [3.8, 4) is 0 Å². The van der Waals surface area contributed by atoms with E-state index in [9.17, 15) is 14.3 Å². The van der Waals surface area contributed by atoms with E-state index in [-0.39, 0.29) is 23.7 Å². The van der Waals surface area contributed by atoms with E-state index in [2.05, 4.69) is 4.98 Å². The van der Waals surface area contributed by atoms with Gasteiger partial charge >= 0.3 is 0 Å². The maximum atomic E-state index is 13.2. The minimum absolute atomic E-state index is 0.0653. The minimum atomic E-state index is -0.383. The van der Waals surface area contributed by atoms with Gasteiger partial charge in [0.05, 0.1) is 12.5 Å². The lowest BCUT2D eigenvalue weighted by Gasteiger charge is -2.34. The summed E-state index contributed by atoms with van der Waals surface area (Å²) in [5.74, 6) is -0.0617. The molecule has 0 bridgehead atoms. The van der Waals surface area contributed by atoms with Crippen molar-refractivity contribution < 1.29 is 14.3 Å². The molecule has 118 valence electrons. The molecule has 1 aliphatic rings. The number of hydrogen-bond acceptors (Lipinski definition) is 2. The van der Waals surface area contributed by atoms with E-state index >= 15 is 0 Å². The Kier molecular flexibility index (Phi) is 4.16. The number of carbonyl (C=O) groups excluding carboxylic acids is 1. The third-order valence-electron chi connectivity index (χ3n) is 4.56. The van der Waals surface area contributed by atoms with Crippen LogP contribution in [-0.4, -0.2) is 40.1 Å². The number of carbonyl (C=O) groups is 1. The topological polar surface area (TPSA) is 56.3 Å². The molecule has 1 amide bonds. The first-order valence-corrected chi connectivity index (χ1v) is 7.76. The number of H-pyrrole nitrogens is 1. The van der Waals surface area contributed by atoms with E-state index in [1.54, 1.807) is 19.2 Å². The number of rotatable bonds is 3. The van der Waals surface area contributed by atoms with Gasteiger partial charge in [0.1, 0.15) is 5.82 Å². The van der Waals surface area contributed by atoms with Crippen molar-refractivity contribution in [1.82, 2.24) is 9.88 Å². The zero-order valence-electron chi connectivity index (χ0n) is 12.7. The summed E-state index contributed by atoms with van der Waals surface area (Å²) in [7, 11) is 0. The van der Waals surface area contributed by atoms with Gasteiger partial charge in [-0.3, -0.25) is 4.79 Å². The van der Waals surface area contributed by atoms with Gasteiger partial charge in [0.2, 0.25) is 5.91 Å². The maximum Gasteiger partial charge on any atom is 0.227 e. The normalized spacial score (nSPS) is 20.3. The molecule has 0 aliphatic carbocycles. The zero-order valence-corrected chi connectivity index (χ0v) is 12.7. The summed E-state index contributed by atoms with van der Waals surface area (Å²) in [6.45, 7) is 3.15. The molecule has 0 spiro atoms.